The molecule has 1 heterocycles. The molecule has 0 fully saturated rings. The average Bonchev–Trinajstić information content (AvgIpc) is 2.74. The van der Waals surface area contributed by atoms with E-state index in [0.29, 0.717) is 0 Å². The maximum absolute atomic E-state index is 10.7. The van der Waals surface area contributed by atoms with Crippen LogP contribution < -0.4 is 4.94 Å². The number of benzene rings is 1. The van der Waals surface area contributed by atoms with Crippen LogP contribution in [0.15, 0.2) is 24.3 Å². The molecular weight excluding hydrogens is 363 g/mol. The van der Waals surface area contributed by atoms with Crippen LogP contribution in [0, 0.1) is 0 Å². The maximum atomic E-state index is 9.87. The van der Waals surface area contributed by atoms with E-state index in [1.165, 1.54) is 4.85 Å². The summed E-state index contributed by atoms with van der Waals surface area (Å²) < 4.78 is 59.2. The van der Waals surface area contributed by atoms with Crippen molar-refractivity contribution in [2.24, 2.45) is 0 Å². The van der Waals surface area contributed by atoms with E-state index in [4.69, 9.17) is 4.94 Å². The van der Waals surface area contributed by atoms with Crippen molar-refractivity contribution in [2.75, 3.05) is 14.1 Å². The molecule has 2 aromatic rings. The van der Waals surface area contributed by atoms with E-state index in [1.54, 1.807) is 4.85 Å². The number of hydrogen-bond donors (Lipinski definition) is 0. The Kier molecular flexibility index (Phi) is 4.79. The molecular formula is C11H16F6N5OP. The number of hydrazone groups is 1. The van der Waals surface area contributed by atoms with Crippen molar-refractivity contribution >= 4 is 24.6 Å². The molecule has 0 bridgehead atoms. The Balaban J connectivity index is 0.000000351. The molecule has 0 unspecified atom stereocenters. The fourth-order valence-electron chi connectivity index (χ4n) is 1.54. The van der Waals surface area contributed by atoms with Crippen molar-refractivity contribution in [2.45, 2.75) is 13.8 Å². The van der Waals surface area contributed by atoms with Crippen molar-refractivity contribution in [3.05, 3.63) is 24.3 Å². The summed E-state index contributed by atoms with van der Waals surface area (Å²) >= 11 is 0. The van der Waals surface area contributed by atoms with Crippen LogP contribution in [0.4, 0.5) is 25.2 Å². The van der Waals surface area contributed by atoms with Crippen LogP contribution in [0.3, 0.4) is 0 Å². The Morgan fingerprint density at radius 2 is 1.58 bits per heavy atom. The van der Waals surface area contributed by atoms with Crippen LogP contribution in [-0.4, -0.2) is 44.8 Å². The summed E-state index contributed by atoms with van der Waals surface area (Å²) in [6, 6.07) is 7.65. The van der Waals surface area contributed by atoms with Crippen LogP contribution in [0.25, 0.3) is 11.0 Å². The van der Waals surface area contributed by atoms with Gasteiger partial charge in [0.25, 0.3) is 0 Å². The van der Waals surface area contributed by atoms with Crippen molar-refractivity contribution in [3.8, 4) is 0 Å². The Bertz CT molecular complexity index is 739. The minimum atomic E-state index is -10.7. The van der Waals surface area contributed by atoms with Crippen molar-refractivity contribution in [1.82, 2.24) is 20.2 Å². The van der Waals surface area contributed by atoms with Gasteiger partial charge in [0.15, 0.2) is 0 Å². The van der Waals surface area contributed by atoms with Gasteiger partial charge in [0.05, 0.1) is 10.1 Å². The summed E-state index contributed by atoms with van der Waals surface area (Å²) in [6.45, 7) is 3.91. The van der Waals surface area contributed by atoms with Gasteiger partial charge in [0.1, 0.15) is 11.2 Å². The van der Waals surface area contributed by atoms with E-state index < -0.39 is 7.81 Å². The summed E-state index contributed by atoms with van der Waals surface area (Å²) in [5.41, 5.74) is 2.63. The van der Waals surface area contributed by atoms with Crippen LogP contribution in [-0.2, 0) is 0 Å². The molecule has 0 aliphatic carbocycles. The molecule has 1 aromatic carbocycles. The number of para-hydroxylation sites is 1. The topological polar surface area (TPSA) is 46.2 Å². The fourth-order valence-corrected chi connectivity index (χ4v) is 1.54. The Morgan fingerprint density at radius 3 is 2.04 bits per heavy atom. The molecule has 24 heavy (non-hydrogen) atoms. The molecule has 0 N–H and O–H groups in total. The van der Waals surface area contributed by atoms with E-state index >= 15 is 0 Å². The third kappa shape index (κ3) is 7.95. The Morgan fingerprint density at radius 1 is 1.08 bits per heavy atom. The zero-order valence-corrected chi connectivity index (χ0v) is 14.1. The zero-order valence-electron chi connectivity index (χ0n) is 13.2. The molecule has 0 saturated heterocycles. The predicted molar refractivity (Wildman–Crippen MR) is 78.0 cm³/mol. The molecule has 0 aliphatic heterocycles. The first-order chi connectivity index (χ1) is 10.5. The van der Waals surface area contributed by atoms with Gasteiger partial charge in [0.2, 0.25) is 5.52 Å². The second-order valence-electron chi connectivity index (χ2n) is 5.06. The minimum absolute atomic E-state index is 0.806. The monoisotopic (exact) mass is 379 g/mol. The third-order valence-electron chi connectivity index (χ3n) is 2.22. The molecule has 6 nitrogen and oxygen atoms in total. The number of fused-ring (bicyclic) bond motifs is 1. The van der Waals surface area contributed by atoms with E-state index in [2.05, 4.69) is 10.3 Å². The molecule has 0 amide bonds. The van der Waals surface area contributed by atoms with Gasteiger partial charge in [0, 0.05) is 18.9 Å². The van der Waals surface area contributed by atoms with Crippen LogP contribution in [0.2, 0.25) is 0 Å². The molecule has 0 spiro atoms. The van der Waals surface area contributed by atoms with Crippen LogP contribution in [0.1, 0.15) is 13.8 Å². The third-order valence-corrected chi connectivity index (χ3v) is 2.22. The van der Waals surface area contributed by atoms with E-state index in [0.717, 1.165) is 16.7 Å². The van der Waals surface area contributed by atoms with E-state index in [9.17, 15) is 25.2 Å². The number of aromatic nitrogens is 3. The summed E-state index contributed by atoms with van der Waals surface area (Å²) in [5, 5.41) is 9.81. The second kappa shape index (κ2) is 5.76. The summed E-state index contributed by atoms with van der Waals surface area (Å²) in [7, 11) is -6.87. The first-order valence-corrected chi connectivity index (χ1v) is 8.40. The van der Waals surface area contributed by atoms with Gasteiger partial charge in [-0.1, -0.05) is 17.1 Å². The van der Waals surface area contributed by atoms with Gasteiger partial charge in [-0.15, -0.1) is 5.10 Å². The number of hydrazine groups is 1. The van der Waals surface area contributed by atoms with Crippen LogP contribution >= 0.6 is 7.81 Å². The van der Waals surface area contributed by atoms with E-state index in [-0.39, 0.29) is 0 Å². The van der Waals surface area contributed by atoms with Gasteiger partial charge in [-0.3, -0.25) is 0 Å². The summed E-state index contributed by atoms with van der Waals surface area (Å²) in [4.78, 5) is 8.70. The van der Waals surface area contributed by atoms with Gasteiger partial charge in [-0.2, -0.15) is 0 Å². The normalized spacial score (nSPS) is 14.1. The van der Waals surface area contributed by atoms with Crippen LogP contribution in [0.5, 0.6) is 0 Å². The number of nitrogens with zero attached hydrogens (tertiary/aromatic N) is 5. The molecule has 1 aromatic heterocycles. The number of hydrogen-bond acceptors (Lipinski definition) is 4. The van der Waals surface area contributed by atoms with Gasteiger partial charge in [-0.25, -0.2) is 5.01 Å². The number of halogens is 6. The molecule has 138 valence electrons. The molecule has 13 heteroatoms. The Hall–Kier alpha value is -2.10. The molecule has 0 saturated carbocycles. The SMILES string of the molecule is CC(C)=[N+](On1nnc2ccccc21)N(C)C.F[P-](F)(F)(F)(F)F. The second-order valence-corrected chi connectivity index (χ2v) is 6.98. The number of rotatable bonds is 3. The quantitative estimate of drug-likeness (QED) is 0.265. The Labute approximate surface area is 133 Å². The standard InChI is InChI=1S/C11H16N5O.F6P/c1-9(2)16(14(3)4)17-15-11-8-6-5-7-10(11)12-13-15;1-7(2,3,4,5)6/h5-8H,1-4H3;/q+1;-1. The van der Waals surface area contributed by atoms with Crippen molar-refractivity contribution < 1.29 is 35.0 Å². The fraction of sp³-hybridized carbons (Fsp3) is 0.364. The molecule has 2 rings (SSSR count). The average molecular weight is 379 g/mol. The van der Waals surface area contributed by atoms with Gasteiger partial charge in [-0.05, 0) is 26.0 Å². The van der Waals surface area contributed by atoms with Gasteiger partial charge < -0.3 is 0 Å². The van der Waals surface area contributed by atoms with E-state index in [1.807, 2.05) is 57.2 Å². The summed E-state index contributed by atoms with van der Waals surface area (Å²) in [5.74, 6) is 0. The van der Waals surface area contributed by atoms with Gasteiger partial charge >= 0.3 is 33.0 Å². The summed E-state index contributed by atoms with van der Waals surface area (Å²) in [6.07, 6.45) is 0. The first-order valence-electron chi connectivity index (χ1n) is 6.37. The molecule has 0 aliphatic rings. The zero-order chi connectivity index (χ0) is 18.8. The van der Waals surface area contributed by atoms with Crippen molar-refractivity contribution in [3.63, 3.8) is 0 Å². The predicted octanol–water partition coefficient (Wildman–Crippen LogP) is 4.13. The molecule has 0 atom stereocenters. The van der Waals surface area contributed by atoms with Crippen molar-refractivity contribution in [1.29, 1.82) is 0 Å². The molecule has 0 radical (unpaired) electrons. The first kappa shape index (κ1) is 19.9.